The Bertz CT molecular complexity index is 767. The number of carbonyl (C=O) groups is 1. The van der Waals surface area contributed by atoms with Crippen LogP contribution in [0.15, 0.2) is 41.0 Å². The monoisotopic (exact) mass is 369 g/mol. The summed E-state index contributed by atoms with van der Waals surface area (Å²) in [7, 11) is 0. The molecule has 0 unspecified atom stereocenters. The van der Waals surface area contributed by atoms with E-state index in [2.05, 4.69) is 33.3 Å². The molecule has 1 amide bonds. The molecule has 1 aromatic heterocycles. The van der Waals surface area contributed by atoms with Crippen LogP contribution in [0.3, 0.4) is 0 Å². The molecule has 27 heavy (non-hydrogen) atoms. The van der Waals surface area contributed by atoms with Gasteiger partial charge < -0.3 is 14.5 Å². The van der Waals surface area contributed by atoms with Crippen LogP contribution in [-0.4, -0.2) is 55.0 Å². The average Bonchev–Trinajstić information content (AvgIpc) is 3.34. The molecule has 3 heterocycles. The first-order valence-corrected chi connectivity index (χ1v) is 9.69. The predicted molar refractivity (Wildman–Crippen MR) is 103 cm³/mol. The Labute approximate surface area is 160 Å². The summed E-state index contributed by atoms with van der Waals surface area (Å²) in [6.07, 6.45) is 2.65. The molecule has 0 saturated carbocycles. The van der Waals surface area contributed by atoms with Gasteiger partial charge in [0.1, 0.15) is 11.5 Å². The van der Waals surface area contributed by atoms with E-state index >= 15 is 0 Å². The van der Waals surface area contributed by atoms with E-state index in [1.54, 1.807) is 6.26 Å². The van der Waals surface area contributed by atoms with Crippen molar-refractivity contribution in [2.75, 3.05) is 39.3 Å². The fraction of sp³-hybridized carbons (Fsp3) is 0.476. The van der Waals surface area contributed by atoms with Crippen LogP contribution in [0.1, 0.15) is 29.9 Å². The van der Waals surface area contributed by atoms with Crippen molar-refractivity contribution in [2.24, 2.45) is 0 Å². The van der Waals surface area contributed by atoms with Crippen molar-refractivity contribution in [3.8, 4) is 5.75 Å². The third-order valence-corrected chi connectivity index (χ3v) is 5.34. The Morgan fingerprint density at radius 2 is 2.00 bits per heavy atom. The fourth-order valence-corrected chi connectivity index (χ4v) is 3.80. The summed E-state index contributed by atoms with van der Waals surface area (Å²) >= 11 is 0. The number of ether oxygens (including phenoxy) is 1. The molecule has 6 nitrogen and oxygen atoms in total. The van der Waals surface area contributed by atoms with E-state index in [0.717, 1.165) is 57.3 Å². The van der Waals surface area contributed by atoms with Crippen LogP contribution < -0.4 is 10.1 Å². The van der Waals surface area contributed by atoms with E-state index in [0.29, 0.717) is 6.54 Å². The maximum Gasteiger partial charge on any atom is 0.234 e. The van der Waals surface area contributed by atoms with Gasteiger partial charge in [-0.05, 0) is 36.2 Å². The maximum absolute atomic E-state index is 12.3. The highest BCUT2D eigenvalue weighted by atomic mass is 16.5. The van der Waals surface area contributed by atoms with Crippen LogP contribution >= 0.6 is 0 Å². The van der Waals surface area contributed by atoms with Gasteiger partial charge >= 0.3 is 0 Å². The number of fused-ring (bicyclic) bond motifs is 1. The molecule has 0 radical (unpaired) electrons. The summed E-state index contributed by atoms with van der Waals surface area (Å²) in [5.74, 6) is 1.87. The molecule has 1 saturated heterocycles. The third-order valence-electron chi connectivity index (χ3n) is 5.34. The number of nitrogens with zero attached hydrogens (tertiary/aromatic N) is 2. The van der Waals surface area contributed by atoms with E-state index in [9.17, 15) is 4.79 Å². The summed E-state index contributed by atoms with van der Waals surface area (Å²) < 4.78 is 10.9. The van der Waals surface area contributed by atoms with Gasteiger partial charge in [0.15, 0.2) is 0 Å². The first-order valence-electron chi connectivity index (χ1n) is 9.69. The molecule has 0 aliphatic carbocycles. The molecule has 6 heteroatoms. The standard InChI is InChI=1S/C21H27N3O3/c1-16(19-3-2-11-26-19)22-21(25)15-24-9-7-23(8-10-24)14-17-4-5-20-18(13-17)6-12-27-20/h2-5,11,13,16H,6-10,12,14-15H2,1H3,(H,22,25)/t16-/m1/s1. The topological polar surface area (TPSA) is 58.0 Å². The quantitative estimate of drug-likeness (QED) is 0.846. The normalized spacial score (nSPS) is 18.7. The lowest BCUT2D eigenvalue weighted by Crippen LogP contribution is -2.49. The predicted octanol–water partition coefficient (Wildman–Crippen LogP) is 2.21. The van der Waals surface area contributed by atoms with Crippen LogP contribution in [0.5, 0.6) is 5.75 Å². The second kappa shape index (κ2) is 8.15. The van der Waals surface area contributed by atoms with E-state index in [4.69, 9.17) is 9.15 Å². The van der Waals surface area contributed by atoms with Gasteiger partial charge in [-0.2, -0.15) is 0 Å². The summed E-state index contributed by atoms with van der Waals surface area (Å²) in [6.45, 7) is 7.93. The van der Waals surface area contributed by atoms with Crippen LogP contribution in [0.4, 0.5) is 0 Å². The van der Waals surface area contributed by atoms with Gasteiger partial charge in [-0.3, -0.25) is 14.6 Å². The van der Waals surface area contributed by atoms with Gasteiger partial charge in [0.25, 0.3) is 0 Å². The number of amides is 1. The number of piperazine rings is 1. The van der Waals surface area contributed by atoms with Crippen molar-refractivity contribution in [3.05, 3.63) is 53.5 Å². The molecule has 1 fully saturated rings. The highest BCUT2D eigenvalue weighted by molar-refractivity contribution is 5.78. The molecule has 0 bridgehead atoms. The Kier molecular flexibility index (Phi) is 5.45. The number of rotatable bonds is 6. The van der Waals surface area contributed by atoms with Gasteiger partial charge in [-0.1, -0.05) is 12.1 Å². The Hall–Kier alpha value is -2.31. The van der Waals surface area contributed by atoms with Crippen molar-refractivity contribution in [3.63, 3.8) is 0 Å². The Morgan fingerprint density at radius 3 is 2.78 bits per heavy atom. The lowest BCUT2D eigenvalue weighted by Gasteiger charge is -2.34. The number of benzene rings is 1. The average molecular weight is 369 g/mol. The molecule has 2 aliphatic heterocycles. The minimum absolute atomic E-state index is 0.0472. The van der Waals surface area contributed by atoms with E-state index in [1.807, 2.05) is 19.1 Å². The second-order valence-electron chi connectivity index (χ2n) is 7.40. The summed E-state index contributed by atoms with van der Waals surface area (Å²) in [5.41, 5.74) is 2.67. The first kappa shape index (κ1) is 18.1. The third kappa shape index (κ3) is 4.51. The first-order chi connectivity index (χ1) is 13.2. The van der Waals surface area contributed by atoms with Gasteiger partial charge in [-0.15, -0.1) is 0 Å². The van der Waals surface area contributed by atoms with Gasteiger partial charge in [0.05, 0.1) is 25.5 Å². The van der Waals surface area contributed by atoms with Crippen molar-refractivity contribution in [1.82, 2.24) is 15.1 Å². The van der Waals surface area contributed by atoms with Crippen molar-refractivity contribution in [1.29, 1.82) is 0 Å². The Morgan fingerprint density at radius 1 is 1.19 bits per heavy atom. The highest BCUT2D eigenvalue weighted by Gasteiger charge is 2.21. The second-order valence-corrected chi connectivity index (χ2v) is 7.40. The molecular formula is C21H27N3O3. The zero-order valence-electron chi connectivity index (χ0n) is 15.8. The van der Waals surface area contributed by atoms with Crippen LogP contribution in [0, 0.1) is 0 Å². The minimum Gasteiger partial charge on any atom is -0.493 e. The van der Waals surface area contributed by atoms with Gasteiger partial charge in [-0.25, -0.2) is 0 Å². The molecule has 2 aliphatic rings. The molecular weight excluding hydrogens is 342 g/mol. The van der Waals surface area contributed by atoms with Crippen LogP contribution in [-0.2, 0) is 17.8 Å². The number of nitrogens with one attached hydrogen (secondary N) is 1. The lowest BCUT2D eigenvalue weighted by atomic mass is 10.1. The number of hydrogen-bond acceptors (Lipinski definition) is 5. The van der Waals surface area contributed by atoms with E-state index in [1.165, 1.54) is 11.1 Å². The zero-order valence-corrected chi connectivity index (χ0v) is 15.8. The highest BCUT2D eigenvalue weighted by Crippen LogP contribution is 2.26. The molecule has 4 rings (SSSR count). The van der Waals surface area contributed by atoms with Crippen LogP contribution in [0.2, 0.25) is 0 Å². The summed E-state index contributed by atoms with van der Waals surface area (Å²) in [4.78, 5) is 17.0. The van der Waals surface area contributed by atoms with Crippen LogP contribution in [0.25, 0.3) is 0 Å². The summed E-state index contributed by atoms with van der Waals surface area (Å²) in [5, 5.41) is 3.00. The van der Waals surface area contributed by atoms with Crippen molar-refractivity contribution < 1.29 is 13.9 Å². The van der Waals surface area contributed by atoms with Crippen molar-refractivity contribution in [2.45, 2.75) is 25.9 Å². The molecule has 1 aromatic carbocycles. The molecule has 2 aromatic rings. The number of furan rings is 1. The lowest BCUT2D eigenvalue weighted by molar-refractivity contribution is -0.123. The van der Waals surface area contributed by atoms with Crippen molar-refractivity contribution >= 4 is 5.91 Å². The summed E-state index contributed by atoms with van der Waals surface area (Å²) in [6, 6.07) is 10.2. The Balaban J connectivity index is 1.21. The largest absolute Gasteiger partial charge is 0.493 e. The SMILES string of the molecule is C[C@@H](NC(=O)CN1CCN(Cc2ccc3c(c2)CCO3)CC1)c1ccco1. The molecule has 1 atom stereocenters. The molecule has 0 spiro atoms. The number of carbonyl (C=O) groups excluding carboxylic acids is 1. The maximum atomic E-state index is 12.3. The van der Waals surface area contributed by atoms with Gasteiger partial charge in [0.2, 0.25) is 5.91 Å². The van der Waals surface area contributed by atoms with E-state index < -0.39 is 0 Å². The molecule has 1 N–H and O–H groups in total. The van der Waals surface area contributed by atoms with E-state index in [-0.39, 0.29) is 11.9 Å². The number of hydrogen-bond donors (Lipinski definition) is 1. The fourth-order valence-electron chi connectivity index (χ4n) is 3.80. The minimum atomic E-state index is -0.0995. The van der Waals surface area contributed by atoms with Gasteiger partial charge in [0, 0.05) is 39.1 Å². The zero-order chi connectivity index (χ0) is 18.6. The molecule has 144 valence electrons. The smallest absolute Gasteiger partial charge is 0.234 e.